The minimum Gasteiger partial charge on any atom is -0.351 e. The summed E-state index contributed by atoms with van der Waals surface area (Å²) in [7, 11) is 0. The van der Waals surface area contributed by atoms with Crippen molar-refractivity contribution in [1.82, 2.24) is 5.32 Å². The summed E-state index contributed by atoms with van der Waals surface area (Å²) in [6.45, 7) is 0.435. The fraction of sp³-hybridized carbons (Fsp3) is 0.222. The minimum atomic E-state index is -0.566. The molecule has 80 valence electrons. The Morgan fingerprint density at radius 1 is 1.47 bits per heavy atom. The number of nitrogens with one attached hydrogen (secondary N) is 1. The Kier molecular flexibility index (Phi) is 4.23. The van der Waals surface area contributed by atoms with Crippen molar-refractivity contribution in [1.29, 1.82) is 0 Å². The summed E-state index contributed by atoms with van der Waals surface area (Å²) in [5.74, 6) is -0.429. The van der Waals surface area contributed by atoms with E-state index in [1.807, 2.05) is 0 Å². The van der Waals surface area contributed by atoms with Crippen LogP contribution in [0.25, 0.3) is 0 Å². The number of carbonyl (C=O) groups excluding carboxylic acids is 1. The molecule has 0 saturated heterocycles. The lowest BCUT2D eigenvalue weighted by Gasteiger charge is -2.03. The summed E-state index contributed by atoms with van der Waals surface area (Å²) in [4.78, 5) is 21.5. The summed E-state index contributed by atoms with van der Waals surface area (Å²) < 4.78 is 0. The number of para-hydroxylation sites is 1. The molecular weight excluding hydrogens is 264 g/mol. The lowest BCUT2D eigenvalue weighted by Crippen LogP contribution is -2.25. The summed E-state index contributed by atoms with van der Waals surface area (Å²) >= 11 is 3.15. The maximum Gasteiger partial charge on any atom is 0.282 e. The van der Waals surface area contributed by atoms with E-state index < -0.39 is 10.8 Å². The molecule has 15 heavy (non-hydrogen) atoms. The van der Waals surface area contributed by atoms with Gasteiger partial charge in [0.2, 0.25) is 0 Å². The second kappa shape index (κ2) is 5.45. The molecule has 0 saturated carbocycles. The second-order valence-electron chi connectivity index (χ2n) is 2.72. The van der Waals surface area contributed by atoms with Crippen molar-refractivity contribution in [3.63, 3.8) is 0 Å². The number of hydrogen-bond donors (Lipinski definition) is 1. The molecule has 0 aliphatic rings. The molecule has 0 bridgehead atoms. The summed E-state index contributed by atoms with van der Waals surface area (Å²) in [5, 5.41) is 13.8. The molecule has 0 fully saturated rings. The van der Waals surface area contributed by atoms with Crippen LogP contribution < -0.4 is 5.32 Å². The second-order valence-corrected chi connectivity index (χ2v) is 3.51. The predicted octanol–water partition coefficient (Wildman–Crippen LogP) is 1.72. The van der Waals surface area contributed by atoms with Crippen LogP contribution in [0, 0.1) is 10.1 Å². The zero-order valence-electron chi connectivity index (χ0n) is 7.77. The number of rotatable bonds is 4. The van der Waals surface area contributed by atoms with Gasteiger partial charge in [0.25, 0.3) is 11.6 Å². The SMILES string of the molecule is O=C(NCCBr)c1ccccc1[N+](=O)[O-]. The molecule has 5 nitrogen and oxygen atoms in total. The fourth-order valence-electron chi connectivity index (χ4n) is 1.08. The highest BCUT2D eigenvalue weighted by molar-refractivity contribution is 9.09. The largest absolute Gasteiger partial charge is 0.351 e. The smallest absolute Gasteiger partial charge is 0.282 e. The molecule has 0 atom stereocenters. The van der Waals surface area contributed by atoms with Gasteiger partial charge < -0.3 is 5.32 Å². The highest BCUT2D eigenvalue weighted by atomic mass is 79.9. The highest BCUT2D eigenvalue weighted by Gasteiger charge is 2.18. The van der Waals surface area contributed by atoms with Gasteiger partial charge >= 0.3 is 0 Å². The molecule has 1 aromatic rings. The Labute approximate surface area is 94.8 Å². The van der Waals surface area contributed by atoms with E-state index in [1.54, 1.807) is 6.07 Å². The molecule has 0 unspecified atom stereocenters. The van der Waals surface area contributed by atoms with Gasteiger partial charge in [-0.15, -0.1) is 0 Å². The van der Waals surface area contributed by atoms with Crippen molar-refractivity contribution < 1.29 is 9.72 Å². The molecule has 6 heteroatoms. The topological polar surface area (TPSA) is 72.2 Å². The van der Waals surface area contributed by atoms with E-state index in [1.165, 1.54) is 18.2 Å². The maximum atomic E-state index is 11.5. The zero-order chi connectivity index (χ0) is 11.3. The van der Waals surface area contributed by atoms with Crippen LogP contribution in [0.1, 0.15) is 10.4 Å². The van der Waals surface area contributed by atoms with Crippen molar-refractivity contribution >= 4 is 27.5 Å². The minimum absolute atomic E-state index is 0.0865. The van der Waals surface area contributed by atoms with E-state index in [9.17, 15) is 14.9 Å². The first-order valence-electron chi connectivity index (χ1n) is 4.24. The van der Waals surface area contributed by atoms with E-state index in [0.717, 1.165) is 0 Å². The highest BCUT2D eigenvalue weighted by Crippen LogP contribution is 2.16. The number of carbonyl (C=O) groups is 1. The Morgan fingerprint density at radius 2 is 2.13 bits per heavy atom. The summed E-state index contributed by atoms with van der Waals surface area (Å²) in [6.07, 6.45) is 0. The van der Waals surface area contributed by atoms with Crippen LogP contribution in [0.2, 0.25) is 0 Å². The molecular formula is C9H9BrN2O3. The van der Waals surface area contributed by atoms with E-state index in [0.29, 0.717) is 11.9 Å². The quantitative estimate of drug-likeness (QED) is 0.515. The molecule has 1 amide bonds. The van der Waals surface area contributed by atoms with E-state index >= 15 is 0 Å². The molecule has 0 aliphatic heterocycles. The number of nitrogens with zero attached hydrogens (tertiary/aromatic N) is 1. The Morgan fingerprint density at radius 3 is 2.73 bits per heavy atom. The van der Waals surface area contributed by atoms with Crippen LogP contribution >= 0.6 is 15.9 Å². The van der Waals surface area contributed by atoms with Crippen LogP contribution in [0.5, 0.6) is 0 Å². The van der Waals surface area contributed by atoms with Gasteiger partial charge in [0.05, 0.1) is 4.92 Å². The van der Waals surface area contributed by atoms with E-state index in [4.69, 9.17) is 0 Å². The number of nitro benzene ring substituents is 1. The van der Waals surface area contributed by atoms with Crippen LogP contribution in [-0.2, 0) is 0 Å². The zero-order valence-corrected chi connectivity index (χ0v) is 9.36. The van der Waals surface area contributed by atoms with Crippen molar-refractivity contribution in [2.45, 2.75) is 0 Å². The summed E-state index contributed by atoms with van der Waals surface area (Å²) in [6, 6.07) is 5.86. The van der Waals surface area contributed by atoms with Crippen molar-refractivity contribution in [3.05, 3.63) is 39.9 Å². The molecule has 0 aromatic heterocycles. The number of halogens is 1. The van der Waals surface area contributed by atoms with E-state index in [-0.39, 0.29) is 11.3 Å². The maximum absolute atomic E-state index is 11.5. The van der Waals surface area contributed by atoms with Crippen molar-refractivity contribution in [2.24, 2.45) is 0 Å². The Bertz CT molecular complexity index is 381. The third kappa shape index (κ3) is 3.02. The molecule has 1 rings (SSSR count). The lowest BCUT2D eigenvalue weighted by atomic mass is 10.1. The average Bonchev–Trinajstić information content (AvgIpc) is 2.25. The number of amides is 1. The van der Waals surface area contributed by atoms with Crippen molar-refractivity contribution in [2.75, 3.05) is 11.9 Å². The van der Waals surface area contributed by atoms with Gasteiger partial charge in [-0.05, 0) is 6.07 Å². The summed E-state index contributed by atoms with van der Waals surface area (Å²) in [5.41, 5.74) is -0.0898. The predicted molar refractivity (Wildman–Crippen MR) is 59.2 cm³/mol. The third-order valence-corrected chi connectivity index (χ3v) is 2.12. The Hall–Kier alpha value is -1.43. The van der Waals surface area contributed by atoms with Crippen LogP contribution in [-0.4, -0.2) is 22.7 Å². The molecule has 1 aromatic carbocycles. The Balaban J connectivity index is 2.92. The van der Waals surface area contributed by atoms with Gasteiger partial charge in [-0.1, -0.05) is 28.1 Å². The average molecular weight is 273 g/mol. The lowest BCUT2D eigenvalue weighted by molar-refractivity contribution is -0.385. The molecule has 0 spiro atoms. The molecule has 0 heterocycles. The van der Waals surface area contributed by atoms with Gasteiger partial charge in [-0.3, -0.25) is 14.9 Å². The van der Waals surface area contributed by atoms with Gasteiger partial charge in [0.15, 0.2) is 0 Å². The fourth-order valence-corrected chi connectivity index (χ4v) is 1.28. The third-order valence-electron chi connectivity index (χ3n) is 1.73. The number of alkyl halides is 1. The first-order chi connectivity index (χ1) is 7.16. The first-order valence-corrected chi connectivity index (χ1v) is 5.36. The molecule has 1 N–H and O–H groups in total. The first kappa shape index (κ1) is 11.6. The standard InChI is InChI=1S/C9H9BrN2O3/c10-5-6-11-9(13)7-3-1-2-4-8(7)12(14)15/h1-4H,5-6H2,(H,11,13). The normalized spacial score (nSPS) is 9.67. The van der Waals surface area contributed by atoms with Gasteiger partial charge in [0.1, 0.15) is 5.56 Å². The number of nitro groups is 1. The van der Waals surface area contributed by atoms with E-state index in [2.05, 4.69) is 21.2 Å². The van der Waals surface area contributed by atoms with Crippen LogP contribution in [0.4, 0.5) is 5.69 Å². The number of hydrogen-bond acceptors (Lipinski definition) is 3. The van der Waals surface area contributed by atoms with Crippen LogP contribution in [0.15, 0.2) is 24.3 Å². The monoisotopic (exact) mass is 272 g/mol. The number of benzene rings is 1. The molecule has 0 aliphatic carbocycles. The van der Waals surface area contributed by atoms with Crippen molar-refractivity contribution in [3.8, 4) is 0 Å². The molecule has 0 radical (unpaired) electrons. The van der Waals surface area contributed by atoms with Gasteiger partial charge in [0, 0.05) is 17.9 Å². The van der Waals surface area contributed by atoms with Gasteiger partial charge in [-0.2, -0.15) is 0 Å². The van der Waals surface area contributed by atoms with Gasteiger partial charge in [-0.25, -0.2) is 0 Å². The van der Waals surface area contributed by atoms with Crippen LogP contribution in [0.3, 0.4) is 0 Å².